The van der Waals surface area contributed by atoms with E-state index in [1.165, 1.54) is 0 Å². The molecule has 0 bridgehead atoms. The van der Waals surface area contributed by atoms with Gasteiger partial charge in [0.05, 0.1) is 6.04 Å². The Hall–Kier alpha value is -3.60. The van der Waals surface area contributed by atoms with Gasteiger partial charge in [0.1, 0.15) is 19.0 Å². The molecule has 5 heteroatoms. The number of hydrogen-bond donors (Lipinski definition) is 1. The number of nitrogens with one attached hydrogen (secondary N) is 1. The minimum atomic E-state index is -0.700. The van der Waals surface area contributed by atoms with Crippen molar-refractivity contribution in [3.63, 3.8) is 0 Å². The summed E-state index contributed by atoms with van der Waals surface area (Å²) in [5, 5.41) is 2.57. The van der Waals surface area contributed by atoms with Crippen LogP contribution in [-0.2, 0) is 18.0 Å². The molecule has 0 saturated heterocycles. The summed E-state index contributed by atoms with van der Waals surface area (Å²) in [5.74, 6) is 0.476. The van der Waals surface area contributed by atoms with Crippen molar-refractivity contribution in [2.45, 2.75) is 26.2 Å². The average Bonchev–Trinajstić information content (AvgIpc) is 2.77. The lowest BCUT2D eigenvalue weighted by Gasteiger charge is -2.14. The lowest BCUT2D eigenvalue weighted by molar-refractivity contribution is 0.0926. The molecule has 0 aliphatic rings. The van der Waals surface area contributed by atoms with Gasteiger partial charge in [-0.3, -0.25) is 4.79 Å². The lowest BCUT2D eigenvalue weighted by Crippen LogP contribution is -2.38. The fourth-order valence-electron chi connectivity index (χ4n) is 2.71. The highest BCUT2D eigenvalue weighted by molar-refractivity contribution is 6.01. The van der Waals surface area contributed by atoms with Crippen LogP contribution in [0.15, 0.2) is 84.9 Å². The molecule has 0 spiro atoms. The van der Waals surface area contributed by atoms with Crippen LogP contribution >= 0.6 is 0 Å². The van der Waals surface area contributed by atoms with Gasteiger partial charge in [0.2, 0.25) is 0 Å². The molecule has 0 aliphatic heterocycles. The van der Waals surface area contributed by atoms with E-state index < -0.39 is 12.1 Å². The van der Waals surface area contributed by atoms with Crippen LogP contribution < -0.4 is 10.1 Å². The second-order valence-electron chi connectivity index (χ2n) is 6.59. The molecule has 0 heterocycles. The molecule has 1 N–H and O–H groups in total. The maximum absolute atomic E-state index is 12.5. The Balaban J connectivity index is 1.48. The molecule has 0 aromatic heterocycles. The Morgan fingerprint density at radius 2 is 1.34 bits per heavy atom. The number of hydrogen-bond acceptors (Lipinski definition) is 4. The summed E-state index contributed by atoms with van der Waals surface area (Å²) in [6.07, 6.45) is -0.627. The van der Waals surface area contributed by atoms with Gasteiger partial charge < -0.3 is 14.8 Å². The SMILES string of the molecule is C[C@H](NC(=O)OCc1ccccc1)C(=O)c1ccc(OCc2ccccc2)cc1. The van der Waals surface area contributed by atoms with Gasteiger partial charge in [-0.15, -0.1) is 0 Å². The predicted molar refractivity (Wildman–Crippen MR) is 111 cm³/mol. The Morgan fingerprint density at radius 1 is 0.793 bits per heavy atom. The second-order valence-corrected chi connectivity index (χ2v) is 6.59. The average molecular weight is 389 g/mol. The fourth-order valence-corrected chi connectivity index (χ4v) is 2.71. The van der Waals surface area contributed by atoms with Gasteiger partial charge >= 0.3 is 6.09 Å². The van der Waals surface area contributed by atoms with Crippen molar-refractivity contribution in [3.8, 4) is 5.75 Å². The van der Waals surface area contributed by atoms with Crippen molar-refractivity contribution < 1.29 is 19.1 Å². The summed E-state index contributed by atoms with van der Waals surface area (Å²) < 4.78 is 10.9. The number of ketones is 1. The number of carbonyl (C=O) groups excluding carboxylic acids is 2. The first-order valence-corrected chi connectivity index (χ1v) is 9.40. The smallest absolute Gasteiger partial charge is 0.408 e. The van der Waals surface area contributed by atoms with Gasteiger partial charge in [-0.2, -0.15) is 0 Å². The Morgan fingerprint density at radius 3 is 1.93 bits per heavy atom. The number of alkyl carbamates (subject to hydrolysis) is 1. The third-order valence-corrected chi connectivity index (χ3v) is 4.33. The van der Waals surface area contributed by atoms with Gasteiger partial charge in [-0.05, 0) is 42.3 Å². The van der Waals surface area contributed by atoms with Crippen molar-refractivity contribution in [2.75, 3.05) is 0 Å². The van der Waals surface area contributed by atoms with E-state index in [1.54, 1.807) is 31.2 Å². The summed E-state index contributed by atoms with van der Waals surface area (Å²) in [7, 11) is 0. The molecule has 0 unspecified atom stereocenters. The molecule has 29 heavy (non-hydrogen) atoms. The third kappa shape index (κ3) is 6.21. The van der Waals surface area contributed by atoms with Crippen LogP contribution in [0.3, 0.4) is 0 Å². The van der Waals surface area contributed by atoms with E-state index in [9.17, 15) is 9.59 Å². The molecule has 0 radical (unpaired) electrons. The summed E-state index contributed by atoms with van der Waals surface area (Å²) in [6, 6.07) is 25.4. The lowest BCUT2D eigenvalue weighted by atomic mass is 10.1. The van der Waals surface area contributed by atoms with E-state index in [4.69, 9.17) is 9.47 Å². The van der Waals surface area contributed by atoms with E-state index >= 15 is 0 Å². The number of ether oxygens (including phenoxy) is 2. The molecule has 3 rings (SSSR count). The highest BCUT2D eigenvalue weighted by atomic mass is 16.5. The minimum Gasteiger partial charge on any atom is -0.489 e. The van der Waals surface area contributed by atoms with Gasteiger partial charge in [-0.25, -0.2) is 4.79 Å². The maximum Gasteiger partial charge on any atom is 0.408 e. The van der Waals surface area contributed by atoms with E-state index in [0.717, 1.165) is 11.1 Å². The first-order valence-electron chi connectivity index (χ1n) is 9.40. The fraction of sp³-hybridized carbons (Fsp3) is 0.167. The molecule has 0 aliphatic carbocycles. The molecule has 1 amide bonds. The molecular formula is C24H23NO4. The molecule has 3 aromatic rings. The minimum absolute atomic E-state index is 0.154. The summed E-state index contributed by atoms with van der Waals surface area (Å²) in [5.41, 5.74) is 2.44. The van der Waals surface area contributed by atoms with Crippen molar-refractivity contribution in [1.29, 1.82) is 0 Å². The highest BCUT2D eigenvalue weighted by Crippen LogP contribution is 2.15. The summed E-state index contributed by atoms with van der Waals surface area (Å²) in [4.78, 5) is 24.5. The van der Waals surface area contributed by atoms with Gasteiger partial charge in [0.25, 0.3) is 0 Å². The van der Waals surface area contributed by atoms with Crippen LogP contribution in [0.25, 0.3) is 0 Å². The van der Waals surface area contributed by atoms with Crippen molar-refractivity contribution >= 4 is 11.9 Å². The number of Topliss-reactive ketones (excluding diaryl/α,β-unsaturated/α-hetero) is 1. The number of rotatable bonds is 8. The van der Waals surface area contributed by atoms with Crippen LogP contribution in [-0.4, -0.2) is 17.9 Å². The number of benzene rings is 3. The van der Waals surface area contributed by atoms with Gasteiger partial charge in [0.15, 0.2) is 5.78 Å². The quantitative estimate of drug-likeness (QED) is 0.564. The molecule has 3 aromatic carbocycles. The largest absolute Gasteiger partial charge is 0.489 e. The standard InChI is InChI=1S/C24H23NO4/c1-18(25-24(27)29-17-20-10-6-3-7-11-20)23(26)21-12-14-22(15-13-21)28-16-19-8-4-2-5-9-19/h2-15,18H,16-17H2,1H3,(H,25,27)/t18-/m0/s1. The molecule has 0 fully saturated rings. The first-order chi connectivity index (χ1) is 14.1. The Kier molecular flexibility index (Phi) is 7.00. The van der Waals surface area contributed by atoms with E-state index in [1.807, 2.05) is 60.7 Å². The normalized spacial score (nSPS) is 11.3. The second kappa shape index (κ2) is 10.1. The third-order valence-electron chi connectivity index (χ3n) is 4.33. The molecule has 1 atom stereocenters. The van der Waals surface area contributed by atoms with Crippen molar-refractivity contribution in [1.82, 2.24) is 5.32 Å². The zero-order valence-corrected chi connectivity index (χ0v) is 16.2. The monoisotopic (exact) mass is 389 g/mol. The van der Waals surface area contributed by atoms with Crippen LogP contribution in [0, 0.1) is 0 Å². The Labute approximate surface area is 170 Å². The van der Waals surface area contributed by atoms with Gasteiger partial charge in [-0.1, -0.05) is 60.7 Å². The van der Waals surface area contributed by atoms with Crippen LogP contribution in [0.1, 0.15) is 28.4 Å². The molecule has 148 valence electrons. The molecule has 5 nitrogen and oxygen atoms in total. The van der Waals surface area contributed by atoms with Crippen molar-refractivity contribution in [3.05, 3.63) is 102 Å². The predicted octanol–water partition coefficient (Wildman–Crippen LogP) is 4.76. The maximum atomic E-state index is 12.5. The zero-order chi connectivity index (χ0) is 20.5. The number of amides is 1. The van der Waals surface area contributed by atoms with E-state index in [0.29, 0.717) is 17.9 Å². The summed E-state index contributed by atoms with van der Waals surface area (Å²) in [6.45, 7) is 2.24. The van der Waals surface area contributed by atoms with E-state index in [-0.39, 0.29) is 12.4 Å². The topological polar surface area (TPSA) is 64.6 Å². The molecule has 0 saturated carbocycles. The van der Waals surface area contributed by atoms with Crippen LogP contribution in [0.5, 0.6) is 5.75 Å². The molecular weight excluding hydrogens is 366 g/mol. The zero-order valence-electron chi connectivity index (χ0n) is 16.2. The van der Waals surface area contributed by atoms with Gasteiger partial charge in [0, 0.05) is 5.56 Å². The van der Waals surface area contributed by atoms with Crippen LogP contribution in [0.4, 0.5) is 4.79 Å². The van der Waals surface area contributed by atoms with Crippen molar-refractivity contribution in [2.24, 2.45) is 0 Å². The summed E-state index contributed by atoms with van der Waals surface area (Å²) >= 11 is 0. The number of carbonyl (C=O) groups is 2. The van der Waals surface area contributed by atoms with E-state index in [2.05, 4.69) is 5.32 Å². The first kappa shape index (κ1) is 20.1. The highest BCUT2D eigenvalue weighted by Gasteiger charge is 2.18. The van der Waals surface area contributed by atoms with Crippen LogP contribution in [0.2, 0.25) is 0 Å². The Bertz CT molecular complexity index is 924.